The van der Waals surface area contributed by atoms with Crippen molar-refractivity contribution in [3.63, 3.8) is 0 Å². The number of pyridine rings is 1. The first-order valence-corrected chi connectivity index (χ1v) is 6.72. The molecule has 0 radical (unpaired) electrons. The van der Waals surface area contributed by atoms with Crippen molar-refractivity contribution in [2.24, 2.45) is 0 Å². The minimum Gasteiger partial charge on any atom is -0.478 e. The first-order chi connectivity index (χ1) is 9.71. The predicted molar refractivity (Wildman–Crippen MR) is 80.0 cm³/mol. The van der Waals surface area contributed by atoms with Crippen LogP contribution in [-0.4, -0.2) is 16.1 Å². The highest BCUT2D eigenvalue weighted by Gasteiger charge is 2.25. The van der Waals surface area contributed by atoms with Crippen LogP contribution < -0.4 is 0 Å². The number of aryl methyl sites for hydroxylation is 1. The molecular weight excluding hydrogens is 269 g/mol. The van der Waals surface area contributed by atoms with Gasteiger partial charge in [-0.05, 0) is 19.1 Å². The molecule has 0 bridgehead atoms. The lowest BCUT2D eigenvalue weighted by Gasteiger charge is -2.22. The summed E-state index contributed by atoms with van der Waals surface area (Å²) in [6, 6.07) is 7.82. The zero-order valence-electron chi connectivity index (χ0n) is 12.6. The summed E-state index contributed by atoms with van der Waals surface area (Å²) in [5, 5.41) is 9.43. The van der Waals surface area contributed by atoms with Crippen LogP contribution in [0.3, 0.4) is 0 Å². The molecule has 0 aliphatic heterocycles. The van der Waals surface area contributed by atoms with Crippen molar-refractivity contribution in [3.8, 4) is 11.1 Å². The zero-order chi connectivity index (χ0) is 15.8. The smallest absolute Gasteiger partial charge is 0.337 e. The van der Waals surface area contributed by atoms with Gasteiger partial charge in [-0.1, -0.05) is 39.0 Å². The number of halogens is 1. The Morgan fingerprint density at radius 3 is 2.33 bits per heavy atom. The molecule has 1 aromatic carbocycles. The highest BCUT2D eigenvalue weighted by Crippen LogP contribution is 2.31. The van der Waals surface area contributed by atoms with Gasteiger partial charge in [0.05, 0.1) is 11.3 Å². The molecule has 0 amide bonds. The van der Waals surface area contributed by atoms with Crippen LogP contribution in [0.1, 0.15) is 42.5 Å². The second-order valence-corrected chi connectivity index (χ2v) is 6.05. The van der Waals surface area contributed by atoms with Crippen LogP contribution in [0, 0.1) is 12.7 Å². The molecule has 4 heteroatoms. The molecule has 2 aromatic rings. The summed E-state index contributed by atoms with van der Waals surface area (Å²) in [5.41, 5.74) is 1.73. The predicted octanol–water partition coefficient (Wildman–Crippen LogP) is 4.19. The molecule has 21 heavy (non-hydrogen) atoms. The molecule has 1 N–H and O–H groups in total. The summed E-state index contributed by atoms with van der Waals surface area (Å²) < 4.78 is 13.9. The van der Waals surface area contributed by atoms with Crippen molar-refractivity contribution >= 4 is 5.97 Å². The second-order valence-electron chi connectivity index (χ2n) is 6.05. The van der Waals surface area contributed by atoms with Gasteiger partial charge in [-0.15, -0.1) is 0 Å². The number of hydrogen-bond acceptors (Lipinski definition) is 2. The summed E-state index contributed by atoms with van der Waals surface area (Å²) >= 11 is 0. The molecule has 0 aliphatic carbocycles. The summed E-state index contributed by atoms with van der Waals surface area (Å²) in [5.74, 6) is -1.44. The summed E-state index contributed by atoms with van der Waals surface area (Å²) in [7, 11) is 0. The van der Waals surface area contributed by atoms with Gasteiger partial charge in [0.25, 0.3) is 0 Å². The fourth-order valence-corrected chi connectivity index (χ4v) is 2.29. The van der Waals surface area contributed by atoms with Crippen molar-refractivity contribution in [1.29, 1.82) is 0 Å². The number of rotatable bonds is 2. The van der Waals surface area contributed by atoms with Crippen molar-refractivity contribution in [3.05, 3.63) is 53.1 Å². The Kier molecular flexibility index (Phi) is 3.81. The Hall–Kier alpha value is -2.23. The number of carbonyl (C=O) groups is 1. The summed E-state index contributed by atoms with van der Waals surface area (Å²) in [4.78, 5) is 16.0. The molecule has 1 heterocycles. The Morgan fingerprint density at radius 2 is 1.81 bits per heavy atom. The van der Waals surface area contributed by atoms with Crippen LogP contribution in [0.2, 0.25) is 0 Å². The first kappa shape index (κ1) is 15.2. The number of hydrogen-bond donors (Lipinski definition) is 1. The van der Waals surface area contributed by atoms with E-state index in [9.17, 15) is 14.3 Å². The molecule has 2 rings (SSSR count). The maximum absolute atomic E-state index is 13.9. The van der Waals surface area contributed by atoms with Gasteiger partial charge >= 0.3 is 5.97 Å². The van der Waals surface area contributed by atoms with E-state index >= 15 is 0 Å². The quantitative estimate of drug-likeness (QED) is 0.901. The Bertz CT molecular complexity index is 702. The molecule has 0 spiro atoms. The fraction of sp³-hybridized carbons (Fsp3) is 0.294. The minimum atomic E-state index is -1.05. The van der Waals surface area contributed by atoms with Gasteiger partial charge < -0.3 is 5.11 Å². The third-order valence-corrected chi connectivity index (χ3v) is 3.32. The first-order valence-electron chi connectivity index (χ1n) is 6.72. The molecule has 1 aromatic heterocycles. The van der Waals surface area contributed by atoms with Crippen molar-refractivity contribution in [2.45, 2.75) is 33.1 Å². The van der Waals surface area contributed by atoms with Gasteiger partial charge in [-0.25, -0.2) is 9.18 Å². The Labute approximate surface area is 123 Å². The number of nitrogens with zero attached hydrogens (tertiary/aromatic N) is 1. The van der Waals surface area contributed by atoms with Crippen LogP contribution in [0.5, 0.6) is 0 Å². The van der Waals surface area contributed by atoms with Crippen LogP contribution in [0.15, 0.2) is 30.3 Å². The standard InChI is InChI=1S/C17H18FNO2/c1-10-12(11-7-5-6-8-14(11)18)9-13(16(20)21)15(19-10)17(2,3)4/h5-9H,1-4H3,(H,20,21). The number of aromatic nitrogens is 1. The van der Waals surface area contributed by atoms with E-state index in [0.717, 1.165) is 0 Å². The van der Waals surface area contributed by atoms with Gasteiger partial charge in [-0.2, -0.15) is 0 Å². The monoisotopic (exact) mass is 287 g/mol. The van der Waals surface area contributed by atoms with Gasteiger partial charge in [0.2, 0.25) is 0 Å². The van der Waals surface area contributed by atoms with Crippen molar-refractivity contribution in [2.75, 3.05) is 0 Å². The highest BCUT2D eigenvalue weighted by molar-refractivity contribution is 5.91. The van der Waals surface area contributed by atoms with E-state index in [1.807, 2.05) is 20.8 Å². The molecule has 0 unspecified atom stereocenters. The number of aromatic carboxylic acids is 1. The average Bonchev–Trinajstić information content (AvgIpc) is 2.38. The molecule has 0 fully saturated rings. The molecule has 0 saturated carbocycles. The van der Waals surface area contributed by atoms with E-state index < -0.39 is 11.4 Å². The molecule has 0 saturated heterocycles. The lowest BCUT2D eigenvalue weighted by atomic mass is 9.86. The zero-order valence-corrected chi connectivity index (χ0v) is 12.6. The van der Waals surface area contributed by atoms with Crippen LogP contribution in [-0.2, 0) is 5.41 Å². The van der Waals surface area contributed by atoms with Crippen LogP contribution in [0.25, 0.3) is 11.1 Å². The van der Waals surface area contributed by atoms with E-state index in [0.29, 0.717) is 22.5 Å². The Morgan fingerprint density at radius 1 is 1.19 bits per heavy atom. The van der Waals surface area contributed by atoms with E-state index in [4.69, 9.17) is 0 Å². The second kappa shape index (κ2) is 5.28. The van der Waals surface area contributed by atoms with E-state index in [-0.39, 0.29) is 11.4 Å². The molecule has 0 atom stereocenters. The Balaban J connectivity index is 2.74. The number of carboxylic acid groups (broad SMARTS) is 1. The normalized spacial score (nSPS) is 11.5. The van der Waals surface area contributed by atoms with Crippen molar-refractivity contribution in [1.82, 2.24) is 4.98 Å². The van der Waals surface area contributed by atoms with E-state index in [1.54, 1.807) is 25.1 Å². The lowest BCUT2D eigenvalue weighted by molar-refractivity contribution is 0.0693. The maximum Gasteiger partial charge on any atom is 0.337 e. The molecule has 3 nitrogen and oxygen atoms in total. The van der Waals surface area contributed by atoms with E-state index in [1.165, 1.54) is 12.1 Å². The molecule has 0 aliphatic rings. The summed E-state index contributed by atoms with van der Waals surface area (Å²) in [6.45, 7) is 7.49. The maximum atomic E-state index is 13.9. The molecular formula is C17H18FNO2. The molecule has 110 valence electrons. The minimum absolute atomic E-state index is 0.117. The lowest BCUT2D eigenvalue weighted by Crippen LogP contribution is -2.20. The van der Waals surface area contributed by atoms with Crippen LogP contribution in [0.4, 0.5) is 4.39 Å². The number of carboxylic acids is 1. The topological polar surface area (TPSA) is 50.2 Å². The van der Waals surface area contributed by atoms with Gasteiger partial charge in [0.1, 0.15) is 5.82 Å². The fourth-order valence-electron chi connectivity index (χ4n) is 2.29. The van der Waals surface area contributed by atoms with E-state index in [2.05, 4.69) is 4.98 Å². The number of benzene rings is 1. The van der Waals surface area contributed by atoms with Gasteiger partial charge in [0.15, 0.2) is 0 Å². The van der Waals surface area contributed by atoms with Gasteiger partial charge in [0, 0.05) is 22.2 Å². The van der Waals surface area contributed by atoms with Crippen LogP contribution >= 0.6 is 0 Å². The largest absolute Gasteiger partial charge is 0.478 e. The average molecular weight is 287 g/mol. The third kappa shape index (κ3) is 2.94. The summed E-state index contributed by atoms with van der Waals surface area (Å²) in [6.07, 6.45) is 0. The van der Waals surface area contributed by atoms with Crippen molar-refractivity contribution < 1.29 is 14.3 Å². The highest BCUT2D eigenvalue weighted by atomic mass is 19.1. The SMILES string of the molecule is Cc1nc(C(C)(C)C)c(C(=O)O)cc1-c1ccccc1F. The third-order valence-electron chi connectivity index (χ3n) is 3.32. The van der Waals surface area contributed by atoms with Gasteiger partial charge in [-0.3, -0.25) is 4.98 Å².